The molecule has 0 aliphatic carbocycles. The molecule has 0 saturated carbocycles. The molecule has 1 aromatic carbocycles. The summed E-state index contributed by atoms with van der Waals surface area (Å²) in [5.41, 5.74) is 0.589. The van der Waals surface area contributed by atoms with Crippen molar-refractivity contribution in [2.24, 2.45) is 0 Å². The number of hydrogen-bond donors (Lipinski definition) is 3. The zero-order valence-electron chi connectivity index (χ0n) is 13.9. The van der Waals surface area contributed by atoms with Crippen LogP contribution in [0.2, 0.25) is 0 Å². The fourth-order valence-corrected chi connectivity index (χ4v) is 2.76. The Morgan fingerprint density at radius 1 is 1.35 bits per heavy atom. The lowest BCUT2D eigenvalue weighted by Crippen LogP contribution is -2.47. The van der Waals surface area contributed by atoms with E-state index in [0.29, 0.717) is 13.0 Å². The van der Waals surface area contributed by atoms with E-state index >= 15 is 0 Å². The standard InChI is InChI=1S/C17H25N3O3/c1-17(2,3)20-10-13(9-15(20)22)18-16(23)19-14(11-21)12-7-5-4-6-8-12/h4-8,13-14,21H,9-11H2,1-3H3,(H2,18,19,23)/t13?,14-/m1/s1. The van der Waals surface area contributed by atoms with Crippen LogP contribution in [0, 0.1) is 0 Å². The molecule has 1 unspecified atom stereocenters. The highest BCUT2D eigenvalue weighted by Gasteiger charge is 2.36. The fourth-order valence-electron chi connectivity index (χ4n) is 2.76. The van der Waals surface area contributed by atoms with Gasteiger partial charge in [0.15, 0.2) is 0 Å². The van der Waals surface area contributed by atoms with Crippen LogP contribution in [0.15, 0.2) is 30.3 Å². The number of nitrogens with one attached hydrogen (secondary N) is 2. The molecule has 1 aromatic rings. The molecular weight excluding hydrogens is 294 g/mol. The van der Waals surface area contributed by atoms with E-state index in [2.05, 4.69) is 10.6 Å². The monoisotopic (exact) mass is 319 g/mol. The normalized spacial score (nSPS) is 19.6. The zero-order valence-corrected chi connectivity index (χ0v) is 13.9. The highest BCUT2D eigenvalue weighted by atomic mass is 16.3. The average Bonchev–Trinajstić information content (AvgIpc) is 2.86. The molecule has 0 spiro atoms. The van der Waals surface area contributed by atoms with Crippen LogP contribution in [0.25, 0.3) is 0 Å². The lowest BCUT2D eigenvalue weighted by molar-refractivity contribution is -0.131. The van der Waals surface area contributed by atoms with Crippen LogP contribution in [-0.2, 0) is 4.79 Å². The lowest BCUT2D eigenvalue weighted by atomic mass is 10.1. The summed E-state index contributed by atoms with van der Waals surface area (Å²) in [5.74, 6) is 0.0459. The first-order chi connectivity index (χ1) is 10.8. The largest absolute Gasteiger partial charge is 0.394 e. The number of carbonyl (C=O) groups excluding carboxylic acids is 2. The van der Waals surface area contributed by atoms with E-state index in [1.54, 1.807) is 4.90 Å². The third-order valence-corrected chi connectivity index (χ3v) is 3.96. The van der Waals surface area contributed by atoms with Gasteiger partial charge in [-0.2, -0.15) is 0 Å². The summed E-state index contributed by atoms with van der Waals surface area (Å²) in [5, 5.41) is 15.0. The van der Waals surface area contributed by atoms with Gasteiger partial charge < -0.3 is 20.6 Å². The summed E-state index contributed by atoms with van der Waals surface area (Å²) in [4.78, 5) is 25.9. The maximum Gasteiger partial charge on any atom is 0.315 e. The predicted molar refractivity (Wildman–Crippen MR) is 87.8 cm³/mol. The number of likely N-dealkylation sites (tertiary alicyclic amines) is 1. The number of benzene rings is 1. The van der Waals surface area contributed by atoms with E-state index in [1.165, 1.54) is 0 Å². The maximum atomic E-state index is 12.1. The highest BCUT2D eigenvalue weighted by molar-refractivity contribution is 5.82. The minimum absolute atomic E-state index is 0.0459. The molecule has 1 heterocycles. The van der Waals surface area contributed by atoms with Crippen LogP contribution >= 0.6 is 0 Å². The molecule has 6 heteroatoms. The summed E-state index contributed by atoms with van der Waals surface area (Å²) in [6, 6.07) is 8.24. The minimum atomic E-state index is -0.466. The Kier molecular flexibility index (Phi) is 5.26. The van der Waals surface area contributed by atoms with Crippen molar-refractivity contribution in [1.82, 2.24) is 15.5 Å². The topological polar surface area (TPSA) is 81.7 Å². The quantitative estimate of drug-likeness (QED) is 0.785. The second kappa shape index (κ2) is 7.00. The number of rotatable bonds is 4. The van der Waals surface area contributed by atoms with Crippen LogP contribution in [0.1, 0.15) is 38.8 Å². The molecule has 0 radical (unpaired) electrons. The van der Waals surface area contributed by atoms with E-state index in [4.69, 9.17) is 0 Å². The first-order valence-corrected chi connectivity index (χ1v) is 7.84. The number of urea groups is 1. The molecule has 126 valence electrons. The van der Waals surface area contributed by atoms with Gasteiger partial charge in [-0.25, -0.2) is 4.79 Å². The van der Waals surface area contributed by atoms with Gasteiger partial charge in [-0.15, -0.1) is 0 Å². The molecule has 1 saturated heterocycles. The van der Waals surface area contributed by atoms with Gasteiger partial charge in [0.2, 0.25) is 5.91 Å². The van der Waals surface area contributed by atoms with Gasteiger partial charge in [0, 0.05) is 18.5 Å². The van der Waals surface area contributed by atoms with Gasteiger partial charge in [-0.3, -0.25) is 4.79 Å². The number of aliphatic hydroxyl groups is 1. The average molecular weight is 319 g/mol. The molecule has 0 bridgehead atoms. The van der Waals surface area contributed by atoms with E-state index in [1.807, 2.05) is 51.1 Å². The lowest BCUT2D eigenvalue weighted by Gasteiger charge is -2.32. The Morgan fingerprint density at radius 3 is 2.52 bits per heavy atom. The molecule has 2 rings (SSSR count). The molecule has 2 atom stereocenters. The van der Waals surface area contributed by atoms with Crippen molar-refractivity contribution in [2.45, 2.75) is 44.8 Å². The van der Waals surface area contributed by atoms with E-state index in [-0.39, 0.29) is 30.1 Å². The predicted octanol–water partition coefficient (Wildman–Crippen LogP) is 1.42. The van der Waals surface area contributed by atoms with Crippen LogP contribution in [0.5, 0.6) is 0 Å². The second-order valence-corrected chi connectivity index (χ2v) is 6.84. The highest BCUT2D eigenvalue weighted by Crippen LogP contribution is 2.22. The summed E-state index contributed by atoms with van der Waals surface area (Å²) >= 11 is 0. The molecule has 3 amide bonds. The van der Waals surface area contributed by atoms with Gasteiger partial charge in [0.1, 0.15) is 0 Å². The van der Waals surface area contributed by atoms with Gasteiger partial charge in [0.05, 0.1) is 18.7 Å². The molecule has 3 N–H and O–H groups in total. The SMILES string of the molecule is CC(C)(C)N1CC(NC(=O)N[C@H](CO)c2ccccc2)CC1=O. The Bertz CT molecular complexity index is 554. The maximum absolute atomic E-state index is 12.1. The Balaban J connectivity index is 1.91. The van der Waals surface area contributed by atoms with Crippen LogP contribution in [0.3, 0.4) is 0 Å². The van der Waals surface area contributed by atoms with Gasteiger partial charge in [0.25, 0.3) is 0 Å². The van der Waals surface area contributed by atoms with Crippen molar-refractivity contribution in [3.05, 3.63) is 35.9 Å². The molecule has 0 aromatic heterocycles. The third kappa shape index (κ3) is 4.45. The molecule has 1 aliphatic rings. The van der Waals surface area contributed by atoms with Crippen LogP contribution < -0.4 is 10.6 Å². The first-order valence-electron chi connectivity index (χ1n) is 7.84. The first kappa shape index (κ1) is 17.3. The number of amides is 3. The molecule has 1 aliphatic heterocycles. The molecular formula is C17H25N3O3. The van der Waals surface area contributed by atoms with Crippen LogP contribution in [0.4, 0.5) is 4.79 Å². The van der Waals surface area contributed by atoms with E-state index < -0.39 is 6.04 Å². The smallest absolute Gasteiger partial charge is 0.315 e. The summed E-state index contributed by atoms with van der Waals surface area (Å²) < 4.78 is 0. The summed E-state index contributed by atoms with van der Waals surface area (Å²) in [6.07, 6.45) is 0.305. The van der Waals surface area contributed by atoms with Gasteiger partial charge in [-0.1, -0.05) is 30.3 Å². The number of aliphatic hydroxyl groups excluding tert-OH is 1. The van der Waals surface area contributed by atoms with Crippen molar-refractivity contribution in [3.8, 4) is 0 Å². The van der Waals surface area contributed by atoms with Gasteiger partial charge >= 0.3 is 6.03 Å². The number of carbonyl (C=O) groups is 2. The minimum Gasteiger partial charge on any atom is -0.394 e. The van der Waals surface area contributed by atoms with Crippen molar-refractivity contribution in [3.63, 3.8) is 0 Å². The van der Waals surface area contributed by atoms with Gasteiger partial charge in [-0.05, 0) is 26.3 Å². The van der Waals surface area contributed by atoms with E-state index in [0.717, 1.165) is 5.56 Å². The molecule has 1 fully saturated rings. The molecule has 6 nitrogen and oxygen atoms in total. The third-order valence-electron chi connectivity index (χ3n) is 3.96. The zero-order chi connectivity index (χ0) is 17.0. The van der Waals surface area contributed by atoms with Crippen molar-refractivity contribution in [1.29, 1.82) is 0 Å². The summed E-state index contributed by atoms with van der Waals surface area (Å²) in [6.45, 7) is 6.25. The summed E-state index contributed by atoms with van der Waals surface area (Å²) in [7, 11) is 0. The van der Waals surface area contributed by atoms with E-state index in [9.17, 15) is 14.7 Å². The van der Waals surface area contributed by atoms with Crippen molar-refractivity contribution in [2.75, 3.05) is 13.2 Å². The fraction of sp³-hybridized carbons (Fsp3) is 0.529. The van der Waals surface area contributed by atoms with Crippen LogP contribution in [-0.4, -0.2) is 46.7 Å². The Hall–Kier alpha value is -2.08. The second-order valence-electron chi connectivity index (χ2n) is 6.84. The number of hydrogen-bond acceptors (Lipinski definition) is 3. The Labute approximate surface area is 136 Å². The number of nitrogens with zero attached hydrogens (tertiary/aromatic N) is 1. The van der Waals surface area contributed by atoms with Crippen molar-refractivity contribution < 1.29 is 14.7 Å². The van der Waals surface area contributed by atoms with Crippen molar-refractivity contribution >= 4 is 11.9 Å². The molecule has 23 heavy (non-hydrogen) atoms. The Morgan fingerprint density at radius 2 is 2.00 bits per heavy atom.